The molecule has 7 heteroatoms. The lowest BCUT2D eigenvalue weighted by atomic mass is 10.0. The van der Waals surface area contributed by atoms with Crippen LogP contribution in [-0.4, -0.2) is 37.7 Å². The number of rotatable bonds is 10. The molecule has 0 atom stereocenters. The van der Waals surface area contributed by atoms with Crippen LogP contribution in [0.1, 0.15) is 27.9 Å². The molecule has 0 aliphatic carbocycles. The van der Waals surface area contributed by atoms with Crippen molar-refractivity contribution in [2.75, 3.05) is 32.1 Å². The fourth-order valence-corrected chi connectivity index (χ4v) is 3.26. The van der Waals surface area contributed by atoms with Gasteiger partial charge < -0.3 is 15.4 Å². The number of aromatic nitrogens is 1. The fourth-order valence-electron chi connectivity index (χ4n) is 3.26. The van der Waals surface area contributed by atoms with Gasteiger partial charge in [-0.3, -0.25) is 4.79 Å². The predicted molar refractivity (Wildman–Crippen MR) is 122 cm³/mol. The van der Waals surface area contributed by atoms with Gasteiger partial charge in [-0.05, 0) is 48.7 Å². The SMILES string of the molecule is COCCCNC(=O)c1ccc(-c2ccccc2C#N)nc1NCCc1cccc(F)c1. The zero-order valence-electron chi connectivity index (χ0n) is 17.9. The monoisotopic (exact) mass is 432 g/mol. The number of nitrogens with zero attached hydrogens (tertiary/aromatic N) is 2. The summed E-state index contributed by atoms with van der Waals surface area (Å²) in [6, 6.07) is 19.2. The maximum absolute atomic E-state index is 13.5. The molecule has 0 aliphatic heterocycles. The Kier molecular flexibility index (Phi) is 8.29. The van der Waals surface area contributed by atoms with Gasteiger partial charge in [0.15, 0.2) is 0 Å². The van der Waals surface area contributed by atoms with E-state index in [0.29, 0.717) is 60.7 Å². The van der Waals surface area contributed by atoms with Crippen molar-refractivity contribution in [2.24, 2.45) is 0 Å². The van der Waals surface area contributed by atoms with Crippen molar-refractivity contribution in [1.82, 2.24) is 10.3 Å². The minimum atomic E-state index is -0.285. The van der Waals surface area contributed by atoms with Gasteiger partial charge in [0.25, 0.3) is 5.91 Å². The zero-order chi connectivity index (χ0) is 22.8. The van der Waals surface area contributed by atoms with Crippen LogP contribution < -0.4 is 10.6 Å². The number of methoxy groups -OCH3 is 1. The number of ether oxygens (including phenoxy) is 1. The molecule has 1 heterocycles. The fraction of sp³-hybridized carbons (Fsp3) is 0.240. The van der Waals surface area contributed by atoms with E-state index in [0.717, 1.165) is 5.56 Å². The van der Waals surface area contributed by atoms with Crippen molar-refractivity contribution in [1.29, 1.82) is 5.26 Å². The maximum atomic E-state index is 13.5. The second-order valence-corrected chi connectivity index (χ2v) is 7.16. The topological polar surface area (TPSA) is 87.0 Å². The number of pyridine rings is 1. The Morgan fingerprint density at radius 1 is 1.12 bits per heavy atom. The lowest BCUT2D eigenvalue weighted by molar-refractivity contribution is 0.0949. The molecule has 3 rings (SSSR count). The van der Waals surface area contributed by atoms with Gasteiger partial charge in [0.2, 0.25) is 0 Å². The Balaban J connectivity index is 1.83. The van der Waals surface area contributed by atoms with E-state index in [1.54, 1.807) is 37.4 Å². The number of carbonyl (C=O) groups is 1. The molecular weight excluding hydrogens is 407 g/mol. The molecule has 1 aromatic heterocycles. The minimum Gasteiger partial charge on any atom is -0.385 e. The molecule has 0 bridgehead atoms. The van der Waals surface area contributed by atoms with Crippen molar-refractivity contribution in [2.45, 2.75) is 12.8 Å². The molecule has 0 saturated heterocycles. The molecule has 0 unspecified atom stereocenters. The molecule has 164 valence electrons. The first kappa shape index (κ1) is 22.9. The van der Waals surface area contributed by atoms with Crippen LogP contribution in [-0.2, 0) is 11.2 Å². The summed E-state index contributed by atoms with van der Waals surface area (Å²) >= 11 is 0. The minimum absolute atomic E-state index is 0.248. The summed E-state index contributed by atoms with van der Waals surface area (Å²) in [5, 5.41) is 15.5. The first-order chi connectivity index (χ1) is 15.6. The van der Waals surface area contributed by atoms with Gasteiger partial charge in [-0.15, -0.1) is 0 Å². The first-order valence-corrected chi connectivity index (χ1v) is 10.4. The van der Waals surface area contributed by atoms with Crippen LogP contribution >= 0.6 is 0 Å². The van der Waals surface area contributed by atoms with Gasteiger partial charge >= 0.3 is 0 Å². The summed E-state index contributed by atoms with van der Waals surface area (Å²) in [6.07, 6.45) is 1.26. The van der Waals surface area contributed by atoms with Gasteiger partial charge in [0.1, 0.15) is 11.6 Å². The highest BCUT2D eigenvalue weighted by molar-refractivity contribution is 5.99. The molecular formula is C25H25FN4O2. The van der Waals surface area contributed by atoms with E-state index in [4.69, 9.17) is 4.74 Å². The Labute approximate surface area is 187 Å². The van der Waals surface area contributed by atoms with Gasteiger partial charge in [-0.2, -0.15) is 5.26 Å². The molecule has 0 fully saturated rings. The third-order valence-corrected chi connectivity index (χ3v) is 4.87. The van der Waals surface area contributed by atoms with Crippen LogP contribution in [0.4, 0.5) is 10.2 Å². The number of benzene rings is 2. The summed E-state index contributed by atoms with van der Waals surface area (Å²) in [4.78, 5) is 17.4. The van der Waals surface area contributed by atoms with E-state index >= 15 is 0 Å². The van der Waals surface area contributed by atoms with Crippen molar-refractivity contribution in [3.8, 4) is 17.3 Å². The quantitative estimate of drug-likeness (QED) is 0.470. The Morgan fingerprint density at radius 2 is 1.97 bits per heavy atom. The van der Waals surface area contributed by atoms with E-state index in [-0.39, 0.29) is 11.7 Å². The summed E-state index contributed by atoms with van der Waals surface area (Å²) in [5.74, 6) is -0.121. The van der Waals surface area contributed by atoms with Gasteiger partial charge in [-0.1, -0.05) is 30.3 Å². The van der Waals surface area contributed by atoms with Crippen LogP contribution in [0.5, 0.6) is 0 Å². The van der Waals surface area contributed by atoms with Crippen LogP contribution in [0.25, 0.3) is 11.3 Å². The van der Waals surface area contributed by atoms with E-state index in [9.17, 15) is 14.4 Å². The molecule has 3 aromatic rings. The maximum Gasteiger partial charge on any atom is 0.255 e. The van der Waals surface area contributed by atoms with Crippen molar-refractivity contribution >= 4 is 11.7 Å². The molecule has 0 radical (unpaired) electrons. The van der Waals surface area contributed by atoms with Gasteiger partial charge in [0.05, 0.1) is 22.9 Å². The second-order valence-electron chi connectivity index (χ2n) is 7.16. The second kappa shape index (κ2) is 11.6. The van der Waals surface area contributed by atoms with Crippen molar-refractivity contribution in [3.05, 3.63) is 83.2 Å². The number of halogens is 1. The molecule has 6 nitrogen and oxygen atoms in total. The molecule has 2 aromatic carbocycles. The summed E-state index contributed by atoms with van der Waals surface area (Å²) in [6.45, 7) is 1.50. The largest absolute Gasteiger partial charge is 0.385 e. The van der Waals surface area contributed by atoms with Crippen LogP contribution in [0.15, 0.2) is 60.7 Å². The molecule has 0 saturated carbocycles. The van der Waals surface area contributed by atoms with Crippen molar-refractivity contribution < 1.29 is 13.9 Å². The molecule has 1 amide bonds. The Hall–Kier alpha value is -3.76. The Morgan fingerprint density at radius 3 is 2.75 bits per heavy atom. The standard InChI is InChI=1S/C25H25FN4O2/c1-32-15-5-13-29-25(31)22-10-11-23(21-9-3-2-7-19(21)17-27)30-24(22)28-14-12-18-6-4-8-20(26)16-18/h2-4,6-11,16H,5,12-15H2,1H3,(H,28,30)(H,29,31). The van der Waals surface area contributed by atoms with E-state index in [2.05, 4.69) is 21.7 Å². The zero-order valence-corrected chi connectivity index (χ0v) is 17.9. The van der Waals surface area contributed by atoms with Crippen LogP contribution in [0.2, 0.25) is 0 Å². The normalized spacial score (nSPS) is 10.4. The lowest BCUT2D eigenvalue weighted by Gasteiger charge is -2.14. The summed E-state index contributed by atoms with van der Waals surface area (Å²) in [5.41, 5.74) is 3.03. The van der Waals surface area contributed by atoms with Crippen molar-refractivity contribution in [3.63, 3.8) is 0 Å². The number of carbonyl (C=O) groups excluding carboxylic acids is 1. The predicted octanol–water partition coefficient (Wildman–Crippen LogP) is 4.18. The highest BCUT2D eigenvalue weighted by Crippen LogP contribution is 2.25. The summed E-state index contributed by atoms with van der Waals surface area (Å²) in [7, 11) is 1.62. The summed E-state index contributed by atoms with van der Waals surface area (Å²) < 4.78 is 18.5. The van der Waals surface area contributed by atoms with Gasteiger partial charge in [0, 0.05) is 32.4 Å². The average Bonchev–Trinajstić information content (AvgIpc) is 2.81. The number of nitrogens with one attached hydrogen (secondary N) is 2. The molecule has 32 heavy (non-hydrogen) atoms. The number of anilines is 1. The third kappa shape index (κ3) is 6.13. The number of amides is 1. The van der Waals surface area contributed by atoms with E-state index in [1.807, 2.05) is 18.2 Å². The molecule has 0 aliphatic rings. The average molecular weight is 432 g/mol. The molecule has 2 N–H and O–H groups in total. The van der Waals surface area contributed by atoms with Gasteiger partial charge in [-0.25, -0.2) is 9.37 Å². The Bertz CT molecular complexity index is 1110. The highest BCUT2D eigenvalue weighted by atomic mass is 19.1. The van der Waals surface area contributed by atoms with Crippen LogP contribution in [0.3, 0.4) is 0 Å². The number of hydrogen-bond donors (Lipinski definition) is 2. The smallest absolute Gasteiger partial charge is 0.255 e. The highest BCUT2D eigenvalue weighted by Gasteiger charge is 2.15. The molecule has 0 spiro atoms. The third-order valence-electron chi connectivity index (χ3n) is 4.87. The lowest BCUT2D eigenvalue weighted by Crippen LogP contribution is -2.26. The first-order valence-electron chi connectivity index (χ1n) is 10.4. The van der Waals surface area contributed by atoms with Crippen LogP contribution in [0, 0.1) is 17.1 Å². The van der Waals surface area contributed by atoms with E-state index < -0.39 is 0 Å². The van der Waals surface area contributed by atoms with E-state index in [1.165, 1.54) is 12.1 Å². The number of nitriles is 1. The number of hydrogen-bond acceptors (Lipinski definition) is 5.